The van der Waals surface area contributed by atoms with Crippen LogP contribution in [0.1, 0.15) is 75.3 Å². The molecular weight excluding hydrogens is 324 g/mol. The monoisotopic (exact) mass is 354 g/mol. The average molecular weight is 354 g/mol. The van der Waals surface area contributed by atoms with Crippen LogP contribution in [0.5, 0.6) is 0 Å². The molecule has 26 heavy (non-hydrogen) atoms. The molecule has 0 atom stereocenters. The highest BCUT2D eigenvalue weighted by Crippen LogP contribution is 2.45. The first kappa shape index (κ1) is 17.6. The van der Waals surface area contributed by atoms with Crippen LogP contribution in [0.25, 0.3) is 0 Å². The van der Waals surface area contributed by atoms with Gasteiger partial charge in [0.2, 0.25) is 11.8 Å². The van der Waals surface area contributed by atoms with Crippen molar-refractivity contribution in [2.75, 3.05) is 13.1 Å². The lowest BCUT2D eigenvalue weighted by Gasteiger charge is -2.46. The number of benzene rings is 1. The number of hydrogen-bond donors (Lipinski definition) is 1. The molecule has 4 rings (SSSR count). The van der Waals surface area contributed by atoms with E-state index in [4.69, 9.17) is 0 Å². The van der Waals surface area contributed by atoms with Gasteiger partial charge in [-0.3, -0.25) is 9.59 Å². The number of amides is 2. The summed E-state index contributed by atoms with van der Waals surface area (Å²) in [4.78, 5) is 26.3. The molecule has 2 aliphatic heterocycles. The lowest BCUT2D eigenvalue weighted by Crippen LogP contribution is -2.57. The van der Waals surface area contributed by atoms with Gasteiger partial charge >= 0.3 is 0 Å². The fourth-order valence-electron chi connectivity index (χ4n) is 4.98. The summed E-state index contributed by atoms with van der Waals surface area (Å²) in [7, 11) is 0. The predicted octanol–water partition coefficient (Wildman–Crippen LogP) is 3.57. The van der Waals surface area contributed by atoms with Crippen LogP contribution < -0.4 is 5.32 Å². The van der Waals surface area contributed by atoms with E-state index in [1.54, 1.807) is 0 Å². The van der Waals surface area contributed by atoms with E-state index in [1.165, 1.54) is 11.1 Å². The number of nitrogens with zero attached hydrogens (tertiary/aromatic N) is 1. The summed E-state index contributed by atoms with van der Waals surface area (Å²) in [5, 5.41) is 3.09. The van der Waals surface area contributed by atoms with Gasteiger partial charge in [-0.1, -0.05) is 38.1 Å². The van der Waals surface area contributed by atoms with Gasteiger partial charge in [-0.25, -0.2) is 0 Å². The van der Waals surface area contributed by atoms with Crippen molar-refractivity contribution in [1.29, 1.82) is 0 Å². The number of likely N-dealkylation sites (tertiary alicyclic amines) is 1. The lowest BCUT2D eigenvalue weighted by molar-refractivity contribution is -0.142. The minimum Gasteiger partial charge on any atom is -0.351 e. The third kappa shape index (κ3) is 3.26. The second kappa shape index (κ2) is 6.71. The molecule has 1 spiro atoms. The van der Waals surface area contributed by atoms with Crippen molar-refractivity contribution >= 4 is 11.8 Å². The van der Waals surface area contributed by atoms with Gasteiger partial charge in [-0.05, 0) is 55.1 Å². The fraction of sp³-hybridized carbons (Fsp3) is 0.636. The van der Waals surface area contributed by atoms with E-state index in [0.29, 0.717) is 24.2 Å². The molecule has 1 aromatic carbocycles. The van der Waals surface area contributed by atoms with E-state index in [1.807, 2.05) is 0 Å². The number of rotatable bonds is 3. The Bertz CT molecular complexity index is 681. The summed E-state index contributed by atoms with van der Waals surface area (Å²) >= 11 is 0. The minimum absolute atomic E-state index is 0.0477. The summed E-state index contributed by atoms with van der Waals surface area (Å²) in [5.74, 6) is 1.72. The van der Waals surface area contributed by atoms with Gasteiger partial charge in [0.25, 0.3) is 0 Å². The van der Waals surface area contributed by atoms with Crippen LogP contribution in [0.3, 0.4) is 0 Å². The molecule has 3 aliphatic rings. The third-order valence-corrected chi connectivity index (χ3v) is 6.74. The molecule has 4 nitrogen and oxygen atoms in total. The molecule has 1 aliphatic carbocycles. The number of nitrogens with one attached hydrogen (secondary N) is 1. The maximum Gasteiger partial charge on any atom is 0.225 e. The molecule has 0 radical (unpaired) electrons. The van der Waals surface area contributed by atoms with Crippen molar-refractivity contribution in [3.05, 3.63) is 35.4 Å². The molecule has 140 valence electrons. The quantitative estimate of drug-likeness (QED) is 0.902. The van der Waals surface area contributed by atoms with Crippen molar-refractivity contribution in [2.45, 2.75) is 69.7 Å². The van der Waals surface area contributed by atoms with E-state index < -0.39 is 0 Å². The molecule has 2 saturated heterocycles. The Labute approximate surface area is 156 Å². The fourth-order valence-corrected chi connectivity index (χ4v) is 4.98. The van der Waals surface area contributed by atoms with Crippen LogP contribution in [0, 0.1) is 5.92 Å². The van der Waals surface area contributed by atoms with Gasteiger partial charge < -0.3 is 10.2 Å². The third-order valence-electron chi connectivity index (χ3n) is 6.74. The smallest absolute Gasteiger partial charge is 0.225 e. The van der Waals surface area contributed by atoms with Crippen molar-refractivity contribution in [2.24, 2.45) is 5.92 Å². The molecule has 4 heteroatoms. The van der Waals surface area contributed by atoms with E-state index in [9.17, 15) is 9.59 Å². The van der Waals surface area contributed by atoms with Gasteiger partial charge in [0, 0.05) is 31.0 Å². The van der Waals surface area contributed by atoms with Crippen molar-refractivity contribution in [1.82, 2.24) is 10.2 Å². The van der Waals surface area contributed by atoms with Gasteiger partial charge in [0.1, 0.15) is 0 Å². The topological polar surface area (TPSA) is 49.4 Å². The molecule has 0 bridgehead atoms. The average Bonchev–Trinajstić information content (AvgIpc) is 3.02. The first-order valence-electron chi connectivity index (χ1n) is 10.2. The molecule has 1 saturated carbocycles. The first-order valence-corrected chi connectivity index (χ1v) is 10.2. The van der Waals surface area contributed by atoms with Crippen LogP contribution in [0.4, 0.5) is 0 Å². The van der Waals surface area contributed by atoms with Crippen molar-refractivity contribution in [3.63, 3.8) is 0 Å². The SMILES string of the molecule is CC(C)c1ccc(C2CCN(C(=O)[C@H]3C[C@]4(CCC(=O)N4)C3)CC2)cc1. The zero-order valence-electron chi connectivity index (χ0n) is 16.0. The highest BCUT2D eigenvalue weighted by atomic mass is 16.2. The van der Waals surface area contributed by atoms with Crippen molar-refractivity contribution < 1.29 is 9.59 Å². The summed E-state index contributed by atoms with van der Waals surface area (Å²) < 4.78 is 0. The van der Waals surface area contributed by atoms with Crippen LogP contribution in [0.15, 0.2) is 24.3 Å². The number of carbonyl (C=O) groups excluding carboxylic acids is 2. The molecule has 2 heterocycles. The highest BCUT2D eigenvalue weighted by Gasteiger charge is 2.51. The van der Waals surface area contributed by atoms with Gasteiger partial charge in [-0.2, -0.15) is 0 Å². The lowest BCUT2D eigenvalue weighted by atomic mass is 9.67. The van der Waals surface area contributed by atoms with Crippen LogP contribution in [-0.4, -0.2) is 35.3 Å². The van der Waals surface area contributed by atoms with Crippen molar-refractivity contribution in [3.8, 4) is 0 Å². The first-order chi connectivity index (χ1) is 12.5. The summed E-state index contributed by atoms with van der Waals surface area (Å²) in [6, 6.07) is 9.05. The van der Waals surface area contributed by atoms with Gasteiger partial charge in [-0.15, -0.1) is 0 Å². The zero-order valence-corrected chi connectivity index (χ0v) is 16.0. The summed E-state index contributed by atoms with van der Waals surface area (Å²) in [6.07, 6.45) is 5.33. The zero-order chi connectivity index (χ0) is 18.3. The Morgan fingerprint density at radius 2 is 1.81 bits per heavy atom. The number of hydrogen-bond acceptors (Lipinski definition) is 2. The normalized spacial score (nSPS) is 29.1. The van der Waals surface area contributed by atoms with E-state index in [0.717, 1.165) is 45.2 Å². The predicted molar refractivity (Wildman–Crippen MR) is 102 cm³/mol. The molecule has 1 aromatic rings. The highest BCUT2D eigenvalue weighted by molar-refractivity contribution is 5.83. The Kier molecular flexibility index (Phi) is 4.54. The second-order valence-corrected chi connectivity index (χ2v) is 8.85. The second-order valence-electron chi connectivity index (χ2n) is 8.85. The Balaban J connectivity index is 1.28. The number of piperidine rings is 1. The summed E-state index contributed by atoms with van der Waals surface area (Å²) in [5.41, 5.74) is 2.76. The number of carbonyl (C=O) groups is 2. The molecule has 0 aromatic heterocycles. The Hall–Kier alpha value is -1.84. The molecule has 3 fully saturated rings. The molecule has 1 N–H and O–H groups in total. The Morgan fingerprint density at radius 3 is 2.35 bits per heavy atom. The van der Waals surface area contributed by atoms with Crippen LogP contribution in [0.2, 0.25) is 0 Å². The standard InChI is InChI=1S/C22H30N2O2/c1-15(2)16-3-5-17(6-4-16)18-8-11-24(12-9-18)21(26)19-13-22(14-19)10-7-20(25)23-22/h3-6,15,18-19H,7-14H2,1-2H3,(H,23,25)/t19-,22+. The summed E-state index contributed by atoms with van der Waals surface area (Å²) in [6.45, 7) is 6.18. The van der Waals surface area contributed by atoms with E-state index >= 15 is 0 Å². The molecular formula is C22H30N2O2. The van der Waals surface area contributed by atoms with Gasteiger partial charge in [0.15, 0.2) is 0 Å². The van der Waals surface area contributed by atoms with E-state index in [-0.39, 0.29) is 17.4 Å². The molecule has 0 unspecified atom stereocenters. The van der Waals surface area contributed by atoms with Crippen LogP contribution in [-0.2, 0) is 9.59 Å². The van der Waals surface area contributed by atoms with Crippen LogP contribution >= 0.6 is 0 Å². The maximum atomic E-state index is 12.8. The molecule has 2 amide bonds. The minimum atomic E-state index is -0.0477. The van der Waals surface area contributed by atoms with Gasteiger partial charge in [0.05, 0.1) is 0 Å². The van der Waals surface area contributed by atoms with E-state index in [2.05, 4.69) is 48.3 Å². The Morgan fingerprint density at radius 1 is 1.15 bits per heavy atom. The maximum absolute atomic E-state index is 12.8. The largest absolute Gasteiger partial charge is 0.351 e.